The number of piperazine rings is 1. The van der Waals surface area contributed by atoms with Crippen LogP contribution in [-0.4, -0.2) is 61.9 Å². The molecule has 31 heavy (non-hydrogen) atoms. The van der Waals surface area contributed by atoms with Crippen molar-refractivity contribution in [2.45, 2.75) is 57.7 Å². The molecule has 5 fully saturated rings. The highest BCUT2D eigenvalue weighted by Gasteiger charge is 2.65. The number of hydrogen-bond acceptors (Lipinski definition) is 5. The van der Waals surface area contributed by atoms with E-state index in [-0.39, 0.29) is 29.0 Å². The van der Waals surface area contributed by atoms with Gasteiger partial charge in [-0.3, -0.25) is 9.69 Å². The Labute approximate surface area is 186 Å². The van der Waals surface area contributed by atoms with E-state index in [4.69, 9.17) is 9.47 Å². The molecule has 0 bridgehead atoms. The molecule has 5 nitrogen and oxygen atoms in total. The van der Waals surface area contributed by atoms with Gasteiger partial charge in [-0.25, -0.2) is 0 Å². The summed E-state index contributed by atoms with van der Waals surface area (Å²) in [7, 11) is 0. The largest absolute Gasteiger partial charge is 0.462 e. The summed E-state index contributed by atoms with van der Waals surface area (Å²) < 4.78 is 12.1. The Morgan fingerprint density at radius 1 is 1.16 bits per heavy atom. The summed E-state index contributed by atoms with van der Waals surface area (Å²) in [5, 5.41) is 0. The van der Waals surface area contributed by atoms with Crippen LogP contribution in [0.25, 0.3) is 0 Å². The lowest BCUT2D eigenvalue weighted by Crippen LogP contribution is -2.52. The fourth-order valence-corrected chi connectivity index (χ4v) is 7.46. The lowest BCUT2D eigenvalue weighted by molar-refractivity contribution is -0.147. The number of esters is 1. The van der Waals surface area contributed by atoms with Gasteiger partial charge in [0.15, 0.2) is 0 Å². The summed E-state index contributed by atoms with van der Waals surface area (Å²) >= 11 is 0. The van der Waals surface area contributed by atoms with Gasteiger partial charge in [-0.15, -0.1) is 0 Å². The molecule has 0 radical (unpaired) electrons. The van der Waals surface area contributed by atoms with Gasteiger partial charge in [-0.05, 0) is 68.1 Å². The van der Waals surface area contributed by atoms with Crippen LogP contribution in [0.3, 0.4) is 0 Å². The number of aryl methyl sites for hydroxylation is 1. The lowest BCUT2D eigenvalue weighted by atomic mass is 9.53. The van der Waals surface area contributed by atoms with Gasteiger partial charge in [0.1, 0.15) is 6.10 Å². The first-order chi connectivity index (χ1) is 15.0. The molecule has 6 rings (SSSR count). The molecular weight excluding hydrogens is 388 g/mol. The van der Waals surface area contributed by atoms with Crippen molar-refractivity contribution in [3.8, 4) is 0 Å². The van der Waals surface area contributed by atoms with Crippen LogP contribution in [0.15, 0.2) is 24.3 Å². The smallest absolute Gasteiger partial charge is 0.310 e. The number of anilines is 1. The van der Waals surface area contributed by atoms with Gasteiger partial charge in [0.05, 0.1) is 18.1 Å². The quantitative estimate of drug-likeness (QED) is 0.548. The zero-order valence-corrected chi connectivity index (χ0v) is 19.0. The van der Waals surface area contributed by atoms with Crippen LogP contribution in [0.5, 0.6) is 0 Å². The van der Waals surface area contributed by atoms with Crippen LogP contribution >= 0.6 is 0 Å². The average molecular weight is 425 g/mol. The zero-order chi connectivity index (χ0) is 21.2. The summed E-state index contributed by atoms with van der Waals surface area (Å²) in [6, 6.07) is 8.78. The Morgan fingerprint density at radius 2 is 1.97 bits per heavy atom. The highest BCUT2D eigenvalue weighted by Crippen LogP contribution is 2.62. The zero-order valence-electron chi connectivity index (χ0n) is 19.0. The lowest BCUT2D eigenvalue weighted by Gasteiger charge is -2.51. The fourth-order valence-electron chi connectivity index (χ4n) is 7.46. The summed E-state index contributed by atoms with van der Waals surface area (Å²) in [5.41, 5.74) is 3.04. The predicted molar refractivity (Wildman–Crippen MR) is 120 cm³/mol. The Kier molecular flexibility index (Phi) is 4.66. The highest BCUT2D eigenvalue weighted by molar-refractivity contribution is 5.75. The van der Waals surface area contributed by atoms with Crippen molar-refractivity contribution >= 4 is 11.7 Å². The molecule has 168 valence electrons. The first-order valence-electron chi connectivity index (χ1n) is 12.3. The third kappa shape index (κ3) is 3.39. The normalized spacial score (nSPS) is 42.3. The number of ether oxygens (including phenoxy) is 2. The third-order valence-electron chi connectivity index (χ3n) is 9.27. The topological polar surface area (TPSA) is 45.3 Å². The summed E-state index contributed by atoms with van der Waals surface area (Å²) in [5.74, 6) is 1.08. The minimum atomic E-state index is 0.0396. The summed E-state index contributed by atoms with van der Waals surface area (Å²) in [6.45, 7) is 10.5. The highest BCUT2D eigenvalue weighted by atomic mass is 16.6. The van der Waals surface area contributed by atoms with Crippen molar-refractivity contribution in [2.75, 3.05) is 44.2 Å². The van der Waals surface area contributed by atoms with E-state index in [9.17, 15) is 4.79 Å². The molecule has 1 aromatic carbocycles. The molecule has 6 atom stereocenters. The number of fused-ring (bicyclic) bond motifs is 3. The maximum Gasteiger partial charge on any atom is 0.310 e. The van der Waals surface area contributed by atoms with E-state index >= 15 is 0 Å². The molecule has 2 saturated carbocycles. The van der Waals surface area contributed by atoms with E-state index in [1.54, 1.807) is 0 Å². The molecule has 0 aromatic heterocycles. The number of rotatable bonds is 3. The van der Waals surface area contributed by atoms with Crippen molar-refractivity contribution in [1.29, 1.82) is 0 Å². The van der Waals surface area contributed by atoms with Crippen molar-refractivity contribution in [3.05, 3.63) is 29.8 Å². The van der Waals surface area contributed by atoms with Gasteiger partial charge >= 0.3 is 5.97 Å². The van der Waals surface area contributed by atoms with Crippen molar-refractivity contribution in [2.24, 2.45) is 23.2 Å². The molecule has 3 heterocycles. The minimum Gasteiger partial charge on any atom is -0.462 e. The van der Waals surface area contributed by atoms with Crippen molar-refractivity contribution < 1.29 is 14.3 Å². The minimum absolute atomic E-state index is 0.0396. The Bertz CT molecular complexity index is 860. The molecule has 0 amide bonds. The van der Waals surface area contributed by atoms with Crippen molar-refractivity contribution in [3.63, 3.8) is 0 Å². The van der Waals surface area contributed by atoms with E-state index in [2.05, 4.69) is 47.9 Å². The van der Waals surface area contributed by atoms with Gasteiger partial charge in [-0.1, -0.05) is 19.1 Å². The fraction of sp³-hybridized carbons (Fsp3) is 0.731. The maximum atomic E-state index is 12.9. The molecule has 0 N–H and O–H groups in total. The molecule has 1 spiro atoms. The van der Waals surface area contributed by atoms with Crippen LogP contribution in [-0.2, 0) is 14.3 Å². The second-order valence-corrected chi connectivity index (χ2v) is 11.2. The SMILES string of the molecule is Cc1cccc(N2CCN(CC3C(=O)OC4CC5(C)CCCC6(CO6)C5CC43)CC2)c1. The number of carbonyl (C=O) groups excluding carboxylic acids is 1. The molecular formula is C26H36N2O3. The Hall–Kier alpha value is -1.59. The first kappa shape index (κ1) is 20.0. The predicted octanol–water partition coefficient (Wildman–Crippen LogP) is 3.64. The van der Waals surface area contributed by atoms with E-state index in [0.717, 1.165) is 52.2 Å². The summed E-state index contributed by atoms with van der Waals surface area (Å²) in [6.07, 6.45) is 6.01. The average Bonchev–Trinajstić information content (AvgIpc) is 3.45. The van der Waals surface area contributed by atoms with Gasteiger partial charge < -0.3 is 14.4 Å². The molecule has 5 heteroatoms. The monoisotopic (exact) mass is 424 g/mol. The molecule has 1 aromatic rings. The number of epoxide rings is 1. The number of hydrogen-bond donors (Lipinski definition) is 0. The molecule has 3 aliphatic heterocycles. The van der Waals surface area contributed by atoms with Crippen LogP contribution in [0, 0.1) is 30.1 Å². The Balaban J connectivity index is 1.12. The van der Waals surface area contributed by atoms with Crippen molar-refractivity contribution in [1.82, 2.24) is 4.90 Å². The van der Waals surface area contributed by atoms with Crippen LogP contribution < -0.4 is 4.90 Å². The van der Waals surface area contributed by atoms with E-state index in [1.807, 2.05) is 0 Å². The second-order valence-electron chi connectivity index (χ2n) is 11.2. The van der Waals surface area contributed by atoms with Gasteiger partial charge in [0.25, 0.3) is 0 Å². The summed E-state index contributed by atoms with van der Waals surface area (Å²) in [4.78, 5) is 17.9. The first-order valence-corrected chi connectivity index (χ1v) is 12.3. The van der Waals surface area contributed by atoms with Gasteiger partial charge in [0.2, 0.25) is 0 Å². The molecule has 3 saturated heterocycles. The third-order valence-corrected chi connectivity index (χ3v) is 9.27. The number of benzene rings is 1. The maximum absolute atomic E-state index is 12.9. The van der Waals surface area contributed by atoms with Gasteiger partial charge in [-0.2, -0.15) is 0 Å². The number of nitrogens with zero attached hydrogens (tertiary/aromatic N) is 2. The Morgan fingerprint density at radius 3 is 2.71 bits per heavy atom. The van der Waals surface area contributed by atoms with E-state index < -0.39 is 0 Å². The standard InChI is InChI=1S/C26H36N2O3/c1-18-5-3-6-19(13-18)28-11-9-27(10-12-28)16-21-20-14-23-25(2,15-22(20)31-24(21)29)7-4-8-26(23)17-30-26/h3,5-6,13,20-23H,4,7-12,14-17H2,1-2H3. The van der Waals surface area contributed by atoms with E-state index in [0.29, 0.717) is 11.8 Å². The molecule has 6 unspecified atom stereocenters. The number of carbonyl (C=O) groups is 1. The van der Waals surface area contributed by atoms with Gasteiger partial charge in [0, 0.05) is 44.3 Å². The van der Waals surface area contributed by atoms with E-state index in [1.165, 1.54) is 30.5 Å². The van der Waals surface area contributed by atoms with Crippen LogP contribution in [0.1, 0.15) is 44.6 Å². The molecule has 5 aliphatic rings. The second kappa shape index (κ2) is 7.21. The molecule has 2 aliphatic carbocycles. The van der Waals surface area contributed by atoms with Crippen LogP contribution in [0.4, 0.5) is 5.69 Å². The van der Waals surface area contributed by atoms with Crippen LogP contribution in [0.2, 0.25) is 0 Å².